The van der Waals surface area contributed by atoms with Gasteiger partial charge in [-0.25, -0.2) is 14.8 Å². The molecule has 7 heteroatoms. The van der Waals surface area contributed by atoms with Crippen molar-refractivity contribution in [1.29, 1.82) is 0 Å². The van der Waals surface area contributed by atoms with E-state index in [2.05, 4.69) is 15.3 Å². The highest BCUT2D eigenvalue weighted by atomic mass is 35.5. The molecule has 0 fully saturated rings. The van der Waals surface area contributed by atoms with Crippen LogP contribution in [0.4, 0.5) is 11.5 Å². The van der Waals surface area contributed by atoms with Crippen LogP contribution in [0.5, 0.6) is 0 Å². The lowest BCUT2D eigenvalue weighted by molar-refractivity contribution is 0.0698. The molecule has 5 nitrogen and oxygen atoms in total. The topological polar surface area (TPSA) is 75.1 Å². The molecular weight excluding hydrogens is 289 g/mol. The van der Waals surface area contributed by atoms with Crippen LogP contribution in [0.3, 0.4) is 0 Å². The molecule has 0 bridgehead atoms. The summed E-state index contributed by atoms with van der Waals surface area (Å²) in [7, 11) is 0. The highest BCUT2D eigenvalue weighted by Gasteiger charge is 2.10. The predicted molar refractivity (Wildman–Crippen MR) is 75.7 cm³/mol. The molecule has 0 unspecified atom stereocenters. The molecule has 0 radical (unpaired) electrons. The van der Waals surface area contributed by atoms with E-state index in [4.69, 9.17) is 16.7 Å². The maximum absolute atomic E-state index is 11.0. The van der Waals surface area contributed by atoms with Crippen molar-refractivity contribution >= 4 is 41.5 Å². The molecule has 2 N–H and O–H groups in total. The molecule has 0 amide bonds. The molecule has 0 aliphatic rings. The zero-order valence-corrected chi connectivity index (χ0v) is 11.5. The molecule has 1 heterocycles. The Hall–Kier alpha value is -1.85. The summed E-state index contributed by atoms with van der Waals surface area (Å²) < 4.78 is 0. The minimum Gasteiger partial charge on any atom is -0.478 e. The van der Waals surface area contributed by atoms with E-state index in [0.29, 0.717) is 17.2 Å². The molecule has 0 spiro atoms. The molecule has 0 saturated heterocycles. The third-order valence-electron chi connectivity index (χ3n) is 2.25. The predicted octanol–water partition coefficient (Wildman–Crippen LogP) is 3.30. The van der Waals surface area contributed by atoms with E-state index in [0.717, 1.165) is 0 Å². The number of nitrogens with one attached hydrogen (secondary N) is 1. The molecular formula is C12H11Cl2N3O2. The summed E-state index contributed by atoms with van der Waals surface area (Å²) in [5.41, 5.74) is 1.33. The lowest BCUT2D eigenvalue weighted by Gasteiger charge is -2.09. The highest BCUT2D eigenvalue weighted by molar-refractivity contribution is 6.28. The van der Waals surface area contributed by atoms with Crippen LogP contribution in [0.15, 0.2) is 30.3 Å². The summed E-state index contributed by atoms with van der Waals surface area (Å²) in [4.78, 5) is 19.0. The Morgan fingerprint density at radius 1 is 1.32 bits per heavy atom. The summed E-state index contributed by atoms with van der Waals surface area (Å²) in [5, 5.41) is 12.1. The number of aromatic nitrogens is 2. The van der Waals surface area contributed by atoms with Crippen LogP contribution >= 0.6 is 24.0 Å². The highest BCUT2D eigenvalue weighted by Crippen LogP contribution is 2.20. The number of aryl methyl sites for hydroxylation is 1. The molecule has 2 aromatic rings. The molecule has 0 saturated carbocycles. The number of nitrogens with zero attached hydrogens (tertiary/aromatic N) is 2. The van der Waals surface area contributed by atoms with E-state index < -0.39 is 5.97 Å². The molecule has 2 rings (SSSR count). The number of aromatic carboxylic acids is 1. The first-order valence-corrected chi connectivity index (χ1v) is 5.54. The van der Waals surface area contributed by atoms with Crippen LogP contribution in [0.25, 0.3) is 0 Å². The van der Waals surface area contributed by atoms with Gasteiger partial charge in [0.25, 0.3) is 0 Å². The van der Waals surface area contributed by atoms with Crippen molar-refractivity contribution in [2.45, 2.75) is 6.92 Å². The van der Waals surface area contributed by atoms with Crippen LogP contribution in [-0.4, -0.2) is 21.0 Å². The second kappa shape index (κ2) is 6.36. The molecule has 0 aliphatic carbocycles. The Bertz CT molecular complexity index is 585. The van der Waals surface area contributed by atoms with Crippen LogP contribution in [-0.2, 0) is 0 Å². The fraction of sp³-hybridized carbons (Fsp3) is 0.0833. The number of benzene rings is 1. The Morgan fingerprint density at radius 2 is 2.00 bits per heavy atom. The van der Waals surface area contributed by atoms with Gasteiger partial charge in [0.05, 0.1) is 11.3 Å². The van der Waals surface area contributed by atoms with Gasteiger partial charge >= 0.3 is 5.97 Å². The maximum Gasteiger partial charge on any atom is 0.337 e. The van der Waals surface area contributed by atoms with Crippen LogP contribution in [0.2, 0.25) is 5.28 Å². The molecule has 19 heavy (non-hydrogen) atoms. The third-order valence-corrected chi connectivity index (χ3v) is 2.42. The van der Waals surface area contributed by atoms with Crippen molar-refractivity contribution in [2.24, 2.45) is 0 Å². The minimum absolute atomic E-state index is 0. The van der Waals surface area contributed by atoms with Crippen molar-refractivity contribution < 1.29 is 9.90 Å². The van der Waals surface area contributed by atoms with Crippen LogP contribution < -0.4 is 5.32 Å². The average molecular weight is 300 g/mol. The van der Waals surface area contributed by atoms with E-state index in [1.807, 2.05) is 0 Å². The lowest BCUT2D eigenvalue weighted by Crippen LogP contribution is -2.04. The average Bonchev–Trinajstić information content (AvgIpc) is 2.27. The van der Waals surface area contributed by atoms with Crippen molar-refractivity contribution in [3.63, 3.8) is 0 Å². The second-order valence-corrected chi connectivity index (χ2v) is 3.98. The Morgan fingerprint density at radius 3 is 2.63 bits per heavy atom. The van der Waals surface area contributed by atoms with Gasteiger partial charge in [0.1, 0.15) is 5.82 Å². The van der Waals surface area contributed by atoms with E-state index in [1.165, 1.54) is 6.07 Å². The van der Waals surface area contributed by atoms with E-state index in [-0.39, 0.29) is 23.3 Å². The van der Waals surface area contributed by atoms with Gasteiger partial charge in [0, 0.05) is 11.8 Å². The summed E-state index contributed by atoms with van der Waals surface area (Å²) in [6.07, 6.45) is 0. The lowest BCUT2D eigenvalue weighted by atomic mass is 10.2. The zero-order chi connectivity index (χ0) is 13.1. The molecule has 0 atom stereocenters. The third kappa shape index (κ3) is 3.81. The van der Waals surface area contributed by atoms with Crippen LogP contribution in [0.1, 0.15) is 16.1 Å². The van der Waals surface area contributed by atoms with Crippen molar-refractivity contribution in [1.82, 2.24) is 9.97 Å². The number of hydrogen-bond donors (Lipinski definition) is 2. The largest absolute Gasteiger partial charge is 0.478 e. The zero-order valence-electron chi connectivity index (χ0n) is 9.92. The van der Waals surface area contributed by atoms with E-state index in [1.54, 1.807) is 31.2 Å². The van der Waals surface area contributed by atoms with Gasteiger partial charge in [0.15, 0.2) is 0 Å². The SMILES string of the molecule is Cc1cc(Nc2ccccc2C(=O)O)nc(Cl)n1.Cl. The summed E-state index contributed by atoms with van der Waals surface area (Å²) in [6, 6.07) is 8.26. The number of halogens is 2. The van der Waals surface area contributed by atoms with Crippen molar-refractivity contribution in [3.8, 4) is 0 Å². The first kappa shape index (κ1) is 15.2. The number of para-hydroxylation sites is 1. The number of carbonyl (C=O) groups is 1. The summed E-state index contributed by atoms with van der Waals surface area (Å²) >= 11 is 5.74. The van der Waals surface area contributed by atoms with Gasteiger partial charge in [-0.05, 0) is 30.7 Å². The Labute approximate surface area is 121 Å². The normalized spacial score (nSPS) is 9.58. The summed E-state index contributed by atoms with van der Waals surface area (Å²) in [6.45, 7) is 1.78. The monoisotopic (exact) mass is 299 g/mol. The van der Waals surface area contributed by atoms with Gasteiger partial charge in [-0.2, -0.15) is 0 Å². The number of carboxylic acid groups (broad SMARTS) is 1. The summed E-state index contributed by atoms with van der Waals surface area (Å²) in [5.74, 6) is -0.545. The first-order chi connectivity index (χ1) is 8.56. The van der Waals surface area contributed by atoms with E-state index in [9.17, 15) is 4.79 Å². The fourth-order valence-electron chi connectivity index (χ4n) is 1.51. The number of carboxylic acids is 1. The molecule has 0 aliphatic heterocycles. The quantitative estimate of drug-likeness (QED) is 0.851. The molecule has 1 aromatic heterocycles. The van der Waals surface area contributed by atoms with Crippen molar-refractivity contribution in [3.05, 3.63) is 46.9 Å². The standard InChI is InChI=1S/C12H10ClN3O2.ClH/c1-7-6-10(16-12(13)14-7)15-9-5-3-2-4-8(9)11(17)18;/h2-6H,1H3,(H,17,18)(H,14,15,16);1H. The first-order valence-electron chi connectivity index (χ1n) is 5.17. The number of hydrogen-bond acceptors (Lipinski definition) is 4. The molecule has 1 aromatic carbocycles. The Balaban J connectivity index is 0.00000180. The van der Waals surface area contributed by atoms with Gasteiger partial charge < -0.3 is 10.4 Å². The van der Waals surface area contributed by atoms with Crippen LogP contribution in [0, 0.1) is 6.92 Å². The van der Waals surface area contributed by atoms with Crippen molar-refractivity contribution in [2.75, 3.05) is 5.32 Å². The second-order valence-electron chi connectivity index (χ2n) is 3.64. The van der Waals surface area contributed by atoms with Gasteiger partial charge in [-0.15, -0.1) is 12.4 Å². The fourth-order valence-corrected chi connectivity index (χ4v) is 1.74. The van der Waals surface area contributed by atoms with Gasteiger partial charge in [-0.1, -0.05) is 12.1 Å². The van der Waals surface area contributed by atoms with Gasteiger partial charge in [-0.3, -0.25) is 0 Å². The molecule has 100 valence electrons. The van der Waals surface area contributed by atoms with E-state index >= 15 is 0 Å². The number of anilines is 2. The van der Waals surface area contributed by atoms with Gasteiger partial charge in [0.2, 0.25) is 5.28 Å². The minimum atomic E-state index is -1.00. The maximum atomic E-state index is 11.0. The Kier molecular flexibility index (Phi) is 5.09. The smallest absolute Gasteiger partial charge is 0.337 e. The number of rotatable bonds is 3.